The second-order valence-corrected chi connectivity index (χ2v) is 7.71. The van der Waals surface area contributed by atoms with Crippen molar-refractivity contribution in [3.63, 3.8) is 0 Å². The Morgan fingerprint density at radius 3 is 2.72 bits per heavy atom. The zero-order chi connectivity index (χ0) is 20.5. The van der Waals surface area contributed by atoms with Crippen LogP contribution in [0.5, 0.6) is 0 Å². The Labute approximate surface area is 171 Å². The van der Waals surface area contributed by atoms with Gasteiger partial charge in [-0.3, -0.25) is 14.5 Å². The Balaban J connectivity index is 1.47. The van der Waals surface area contributed by atoms with Gasteiger partial charge >= 0.3 is 6.55 Å². The van der Waals surface area contributed by atoms with Crippen LogP contribution in [-0.4, -0.2) is 39.1 Å². The Morgan fingerprint density at radius 2 is 2.07 bits per heavy atom. The average Bonchev–Trinajstić information content (AvgIpc) is 3.36. The van der Waals surface area contributed by atoms with Crippen molar-refractivity contribution in [1.29, 1.82) is 0 Å². The highest BCUT2D eigenvalue weighted by Crippen LogP contribution is 2.30. The van der Waals surface area contributed by atoms with Crippen molar-refractivity contribution in [2.45, 2.75) is 45.1 Å². The molecule has 2 aromatic rings. The van der Waals surface area contributed by atoms with Crippen molar-refractivity contribution in [1.82, 2.24) is 25.3 Å². The minimum absolute atomic E-state index is 0.00152. The monoisotopic (exact) mass is 423 g/mol. The van der Waals surface area contributed by atoms with E-state index in [-0.39, 0.29) is 30.7 Å². The normalized spacial score (nSPS) is 18.9. The summed E-state index contributed by atoms with van der Waals surface area (Å²) < 4.78 is 27.5. The number of fused-ring (bicyclic) bond motifs is 1. The molecule has 0 radical (unpaired) electrons. The lowest BCUT2D eigenvalue weighted by Gasteiger charge is -2.20. The van der Waals surface area contributed by atoms with Gasteiger partial charge in [-0.15, -0.1) is 0 Å². The molecule has 2 aliphatic rings. The first-order valence-corrected chi connectivity index (χ1v) is 9.71. The van der Waals surface area contributed by atoms with Crippen LogP contribution in [0, 0.1) is 0 Å². The summed E-state index contributed by atoms with van der Waals surface area (Å²) in [5.74, 6) is -0.487. The molecule has 1 fully saturated rings. The van der Waals surface area contributed by atoms with E-state index in [1.165, 1.54) is 0 Å². The number of rotatable bonds is 6. The van der Waals surface area contributed by atoms with Crippen LogP contribution in [0.1, 0.15) is 46.7 Å². The van der Waals surface area contributed by atoms with Gasteiger partial charge in [-0.05, 0) is 24.1 Å². The number of nitrogens with zero attached hydrogens (tertiary/aromatic N) is 3. The average molecular weight is 424 g/mol. The fraction of sp³-hybridized carbons (Fsp3) is 0.421. The molecular weight excluding hydrogens is 404 g/mol. The molecule has 0 unspecified atom stereocenters. The fourth-order valence-electron chi connectivity index (χ4n) is 3.80. The SMILES string of the molecule is O=C1CC[C@H](CN2Cc3c(C(=O)NCc4ccc(Cl)cc4)nn(C(F)F)c3C2)N1. The molecule has 3 heterocycles. The molecule has 1 aromatic carbocycles. The van der Waals surface area contributed by atoms with Crippen molar-refractivity contribution >= 4 is 23.4 Å². The van der Waals surface area contributed by atoms with Crippen LogP contribution in [0.25, 0.3) is 0 Å². The molecular formula is C19H20ClF2N5O2. The molecule has 2 aliphatic heterocycles. The number of hydrogen-bond donors (Lipinski definition) is 2. The third-order valence-corrected chi connectivity index (χ3v) is 5.46. The number of carbonyl (C=O) groups excluding carboxylic acids is 2. The summed E-state index contributed by atoms with van der Waals surface area (Å²) in [6.07, 6.45) is 1.20. The molecule has 1 aromatic heterocycles. The van der Waals surface area contributed by atoms with Crippen molar-refractivity contribution < 1.29 is 18.4 Å². The minimum Gasteiger partial charge on any atom is -0.352 e. The molecule has 154 valence electrons. The van der Waals surface area contributed by atoms with Crippen LogP contribution in [0.2, 0.25) is 5.02 Å². The van der Waals surface area contributed by atoms with E-state index in [9.17, 15) is 18.4 Å². The summed E-state index contributed by atoms with van der Waals surface area (Å²) in [5, 5.41) is 10.1. The molecule has 0 bridgehead atoms. The molecule has 1 saturated heterocycles. The minimum atomic E-state index is -2.83. The Bertz CT molecular complexity index is 931. The van der Waals surface area contributed by atoms with Crippen molar-refractivity contribution in [2.24, 2.45) is 0 Å². The van der Waals surface area contributed by atoms with Gasteiger partial charge in [0.2, 0.25) is 5.91 Å². The summed E-state index contributed by atoms with van der Waals surface area (Å²) >= 11 is 5.85. The van der Waals surface area contributed by atoms with Gasteiger partial charge < -0.3 is 10.6 Å². The molecule has 0 saturated carbocycles. The number of amides is 2. The summed E-state index contributed by atoms with van der Waals surface area (Å²) in [6, 6.07) is 6.99. The maximum atomic E-state index is 13.5. The van der Waals surface area contributed by atoms with Crippen molar-refractivity contribution in [3.05, 3.63) is 51.8 Å². The maximum absolute atomic E-state index is 13.5. The highest BCUT2D eigenvalue weighted by Gasteiger charge is 2.34. The molecule has 4 rings (SSSR count). The van der Waals surface area contributed by atoms with E-state index in [1.807, 2.05) is 4.90 Å². The highest BCUT2D eigenvalue weighted by molar-refractivity contribution is 6.30. The number of hydrogen-bond acceptors (Lipinski definition) is 4. The quantitative estimate of drug-likeness (QED) is 0.748. The summed E-state index contributed by atoms with van der Waals surface area (Å²) in [5.41, 5.74) is 1.72. The lowest BCUT2D eigenvalue weighted by molar-refractivity contribution is -0.119. The largest absolute Gasteiger partial charge is 0.352 e. The van der Waals surface area contributed by atoms with Crippen molar-refractivity contribution in [3.8, 4) is 0 Å². The maximum Gasteiger partial charge on any atom is 0.333 e. The van der Waals surface area contributed by atoms with Gasteiger partial charge in [-0.2, -0.15) is 13.9 Å². The zero-order valence-electron chi connectivity index (χ0n) is 15.5. The summed E-state index contributed by atoms with van der Waals surface area (Å²) in [6.45, 7) is -1.42. The molecule has 29 heavy (non-hydrogen) atoms. The predicted octanol–water partition coefficient (Wildman–Crippen LogP) is 2.46. The molecule has 2 N–H and O–H groups in total. The van der Waals surface area contributed by atoms with Crippen LogP contribution < -0.4 is 10.6 Å². The first-order valence-electron chi connectivity index (χ1n) is 9.33. The van der Waals surface area contributed by atoms with Crippen LogP contribution in [0.15, 0.2) is 24.3 Å². The fourth-order valence-corrected chi connectivity index (χ4v) is 3.92. The Morgan fingerprint density at radius 1 is 1.31 bits per heavy atom. The van der Waals surface area contributed by atoms with Crippen LogP contribution in [0.4, 0.5) is 8.78 Å². The number of alkyl halides is 2. The number of aromatic nitrogens is 2. The predicted molar refractivity (Wildman–Crippen MR) is 101 cm³/mol. The van der Waals surface area contributed by atoms with E-state index >= 15 is 0 Å². The van der Waals surface area contributed by atoms with E-state index in [0.717, 1.165) is 12.0 Å². The third kappa shape index (κ3) is 4.25. The van der Waals surface area contributed by atoms with Gasteiger partial charge in [0.15, 0.2) is 5.69 Å². The lowest BCUT2D eigenvalue weighted by atomic mass is 10.2. The van der Waals surface area contributed by atoms with Crippen LogP contribution >= 0.6 is 11.6 Å². The van der Waals surface area contributed by atoms with Crippen LogP contribution in [-0.2, 0) is 24.4 Å². The van der Waals surface area contributed by atoms with Crippen LogP contribution in [0.3, 0.4) is 0 Å². The summed E-state index contributed by atoms with van der Waals surface area (Å²) in [4.78, 5) is 26.0. The van der Waals surface area contributed by atoms with E-state index in [2.05, 4.69) is 15.7 Å². The van der Waals surface area contributed by atoms with Gasteiger partial charge in [0.05, 0.1) is 5.69 Å². The number of nitrogens with one attached hydrogen (secondary N) is 2. The van der Waals surface area contributed by atoms with Gasteiger partial charge in [0.25, 0.3) is 5.91 Å². The first-order chi connectivity index (χ1) is 13.9. The molecule has 10 heteroatoms. The Hall–Kier alpha value is -2.52. The topological polar surface area (TPSA) is 79.3 Å². The molecule has 7 nitrogen and oxygen atoms in total. The zero-order valence-corrected chi connectivity index (χ0v) is 16.3. The van der Waals surface area contributed by atoms with Gasteiger partial charge in [-0.1, -0.05) is 23.7 Å². The standard InChI is InChI=1S/C19H20ClF2N5O2/c20-12-3-1-11(2-4-12)7-23-18(29)17-14-9-26(8-13-5-6-16(28)24-13)10-15(14)27(25-17)19(21)22/h1-4,13,19H,5-10H2,(H,23,29)(H,24,28)/t13-/m1/s1. The smallest absolute Gasteiger partial charge is 0.333 e. The molecule has 0 aliphatic carbocycles. The van der Waals surface area contributed by atoms with Crippen molar-refractivity contribution in [2.75, 3.05) is 6.54 Å². The van der Waals surface area contributed by atoms with Gasteiger partial charge in [0.1, 0.15) is 0 Å². The third-order valence-electron chi connectivity index (χ3n) is 5.20. The first kappa shape index (κ1) is 19.8. The van der Waals surface area contributed by atoms with E-state index in [1.54, 1.807) is 24.3 Å². The molecule has 2 amide bonds. The lowest BCUT2D eigenvalue weighted by Crippen LogP contribution is -2.36. The summed E-state index contributed by atoms with van der Waals surface area (Å²) in [7, 11) is 0. The second-order valence-electron chi connectivity index (χ2n) is 7.28. The number of benzene rings is 1. The van der Waals surface area contributed by atoms with Gasteiger partial charge in [0, 0.05) is 49.2 Å². The molecule has 0 spiro atoms. The Kier molecular flexibility index (Phi) is 5.51. The van der Waals surface area contributed by atoms with Gasteiger partial charge in [-0.25, -0.2) is 4.68 Å². The van der Waals surface area contributed by atoms with E-state index < -0.39 is 12.5 Å². The second kappa shape index (κ2) is 8.08. The number of carbonyl (C=O) groups is 2. The molecule has 1 atom stereocenters. The van der Waals surface area contributed by atoms with E-state index in [4.69, 9.17) is 11.6 Å². The van der Waals surface area contributed by atoms with E-state index in [0.29, 0.717) is 40.5 Å². The highest BCUT2D eigenvalue weighted by atomic mass is 35.5. The number of halogens is 3.